The van der Waals surface area contributed by atoms with E-state index in [4.69, 9.17) is 9.47 Å². The summed E-state index contributed by atoms with van der Waals surface area (Å²) in [7, 11) is -2.39. The Hall–Kier alpha value is -3.92. The Kier molecular flexibility index (Phi) is 7.75. The van der Waals surface area contributed by atoms with Gasteiger partial charge in [0.1, 0.15) is 0 Å². The molecule has 1 aromatic heterocycles. The van der Waals surface area contributed by atoms with Crippen molar-refractivity contribution in [3.8, 4) is 0 Å². The van der Waals surface area contributed by atoms with Gasteiger partial charge in [-0.25, -0.2) is 18.0 Å². The number of aromatic amines is 1. The van der Waals surface area contributed by atoms with Crippen molar-refractivity contribution in [2.24, 2.45) is 0 Å². The molecule has 0 saturated carbocycles. The molecule has 0 atom stereocenters. The fraction of sp³-hybridized carbons (Fsp3) is 0.240. The van der Waals surface area contributed by atoms with E-state index in [2.05, 4.69) is 4.98 Å². The predicted octanol–water partition coefficient (Wildman–Crippen LogP) is 3.67. The minimum Gasteiger partial charge on any atom is -0.462 e. The van der Waals surface area contributed by atoms with E-state index in [1.807, 2.05) is 0 Å². The van der Waals surface area contributed by atoms with Crippen molar-refractivity contribution in [3.05, 3.63) is 82.7 Å². The molecule has 9 nitrogen and oxygen atoms in total. The predicted molar refractivity (Wildman–Crippen MR) is 129 cm³/mol. The number of carbonyl (C=O) groups excluding carboxylic acids is 3. The number of sulfonamides is 1. The van der Waals surface area contributed by atoms with Gasteiger partial charge in [-0.05, 0) is 62.7 Å². The van der Waals surface area contributed by atoms with Crippen molar-refractivity contribution < 1.29 is 32.3 Å². The van der Waals surface area contributed by atoms with Crippen LogP contribution in [0.2, 0.25) is 0 Å². The van der Waals surface area contributed by atoms with Gasteiger partial charge in [0.25, 0.3) is 10.0 Å². The highest BCUT2D eigenvalue weighted by Crippen LogP contribution is 2.23. The zero-order valence-corrected chi connectivity index (χ0v) is 20.6. The van der Waals surface area contributed by atoms with Gasteiger partial charge >= 0.3 is 11.9 Å². The van der Waals surface area contributed by atoms with Crippen molar-refractivity contribution in [1.82, 2.24) is 4.98 Å². The lowest BCUT2D eigenvalue weighted by Gasteiger charge is -2.19. The molecule has 0 unspecified atom stereocenters. The van der Waals surface area contributed by atoms with Crippen molar-refractivity contribution in [3.63, 3.8) is 0 Å². The standard InChI is InChI=1S/C25H26N2O7S/c1-5-33-25(30)22-16(2)23(26-17(22)3)21(28)15-34-24(29)18-11-13-20(14-12-18)35(31,32)27(4)19-9-7-6-8-10-19/h6-14,26H,5,15H2,1-4H3. The Labute approximate surface area is 203 Å². The summed E-state index contributed by atoms with van der Waals surface area (Å²) < 4.78 is 37.0. The molecule has 0 aliphatic heterocycles. The monoisotopic (exact) mass is 498 g/mol. The van der Waals surface area contributed by atoms with Crippen LogP contribution in [0.3, 0.4) is 0 Å². The van der Waals surface area contributed by atoms with E-state index in [-0.39, 0.29) is 28.3 Å². The van der Waals surface area contributed by atoms with E-state index in [1.54, 1.807) is 51.1 Å². The number of benzene rings is 2. The molecule has 0 aliphatic rings. The Morgan fingerprint density at radius 3 is 2.14 bits per heavy atom. The van der Waals surface area contributed by atoms with Crippen LogP contribution in [0.5, 0.6) is 0 Å². The second-order valence-electron chi connectivity index (χ2n) is 7.68. The number of para-hydroxylation sites is 1. The van der Waals surface area contributed by atoms with E-state index in [0.717, 1.165) is 4.31 Å². The number of Topliss-reactive ketones (excluding diaryl/α,β-unsaturated/α-hetero) is 1. The fourth-order valence-corrected chi connectivity index (χ4v) is 4.72. The summed E-state index contributed by atoms with van der Waals surface area (Å²) in [5.74, 6) is -1.84. The number of aromatic nitrogens is 1. The number of esters is 2. The number of nitrogens with one attached hydrogen (secondary N) is 1. The van der Waals surface area contributed by atoms with Gasteiger partial charge in [0.15, 0.2) is 6.61 Å². The summed E-state index contributed by atoms with van der Waals surface area (Å²) in [5.41, 5.74) is 1.91. The van der Waals surface area contributed by atoms with Crippen LogP contribution in [0, 0.1) is 13.8 Å². The SMILES string of the molecule is CCOC(=O)c1c(C)[nH]c(C(=O)COC(=O)c2ccc(S(=O)(=O)N(C)c3ccccc3)cc2)c1C. The second kappa shape index (κ2) is 10.6. The first-order chi connectivity index (χ1) is 16.6. The van der Waals surface area contributed by atoms with E-state index in [0.29, 0.717) is 16.9 Å². The molecule has 0 aliphatic carbocycles. The van der Waals surface area contributed by atoms with Gasteiger partial charge in [0.2, 0.25) is 5.78 Å². The van der Waals surface area contributed by atoms with Gasteiger partial charge in [-0.15, -0.1) is 0 Å². The Balaban J connectivity index is 1.68. The molecule has 0 bridgehead atoms. The first-order valence-electron chi connectivity index (χ1n) is 10.8. The van der Waals surface area contributed by atoms with Crippen molar-refractivity contribution in [2.75, 3.05) is 24.6 Å². The topological polar surface area (TPSA) is 123 Å². The molecular formula is C25H26N2O7S. The average molecular weight is 499 g/mol. The number of anilines is 1. The molecule has 35 heavy (non-hydrogen) atoms. The Bertz CT molecular complexity index is 1340. The van der Waals surface area contributed by atoms with Gasteiger partial charge in [-0.3, -0.25) is 9.10 Å². The quantitative estimate of drug-likeness (QED) is 0.353. The molecule has 2 aromatic carbocycles. The average Bonchev–Trinajstić information content (AvgIpc) is 3.16. The maximum atomic E-state index is 12.9. The fourth-order valence-electron chi connectivity index (χ4n) is 3.52. The molecule has 3 aromatic rings. The smallest absolute Gasteiger partial charge is 0.340 e. The third-order valence-electron chi connectivity index (χ3n) is 5.40. The lowest BCUT2D eigenvalue weighted by Crippen LogP contribution is -2.26. The number of H-pyrrole nitrogens is 1. The number of hydrogen-bond acceptors (Lipinski definition) is 7. The van der Waals surface area contributed by atoms with Crippen molar-refractivity contribution in [2.45, 2.75) is 25.7 Å². The Morgan fingerprint density at radius 2 is 1.54 bits per heavy atom. The maximum Gasteiger partial charge on any atom is 0.340 e. The van der Waals surface area contributed by atoms with E-state index < -0.39 is 34.4 Å². The van der Waals surface area contributed by atoms with Gasteiger partial charge in [0, 0.05) is 12.7 Å². The zero-order valence-electron chi connectivity index (χ0n) is 19.8. The summed E-state index contributed by atoms with van der Waals surface area (Å²) in [6.07, 6.45) is 0. The van der Waals surface area contributed by atoms with Crippen LogP contribution in [0.25, 0.3) is 0 Å². The summed E-state index contributed by atoms with van der Waals surface area (Å²) in [5, 5.41) is 0. The van der Waals surface area contributed by atoms with Crippen LogP contribution < -0.4 is 4.31 Å². The number of carbonyl (C=O) groups is 3. The van der Waals surface area contributed by atoms with Crippen molar-refractivity contribution in [1.29, 1.82) is 0 Å². The molecular weight excluding hydrogens is 472 g/mol. The van der Waals surface area contributed by atoms with E-state index in [9.17, 15) is 22.8 Å². The lowest BCUT2D eigenvalue weighted by atomic mass is 10.1. The molecule has 0 amide bonds. The van der Waals surface area contributed by atoms with Gasteiger partial charge < -0.3 is 14.5 Å². The molecule has 0 fully saturated rings. The number of rotatable bonds is 9. The molecule has 184 valence electrons. The number of ether oxygens (including phenoxy) is 2. The number of nitrogens with zero attached hydrogens (tertiary/aromatic N) is 1. The minimum absolute atomic E-state index is 0.000426. The summed E-state index contributed by atoms with van der Waals surface area (Å²) in [6, 6.07) is 13.8. The molecule has 1 N–H and O–H groups in total. The third kappa shape index (κ3) is 5.43. The highest BCUT2D eigenvalue weighted by atomic mass is 32.2. The van der Waals surface area contributed by atoms with E-state index >= 15 is 0 Å². The second-order valence-corrected chi connectivity index (χ2v) is 9.65. The first kappa shape index (κ1) is 25.7. The largest absolute Gasteiger partial charge is 0.462 e. The summed E-state index contributed by atoms with van der Waals surface area (Å²) in [4.78, 5) is 40.0. The minimum atomic E-state index is -3.83. The van der Waals surface area contributed by atoms with Crippen LogP contribution >= 0.6 is 0 Å². The lowest BCUT2D eigenvalue weighted by molar-refractivity contribution is 0.0472. The van der Waals surface area contributed by atoms with Crippen LogP contribution in [0.1, 0.15) is 49.4 Å². The van der Waals surface area contributed by atoms with Crippen LogP contribution in [0.4, 0.5) is 5.69 Å². The summed E-state index contributed by atoms with van der Waals surface area (Å²) >= 11 is 0. The number of aryl methyl sites for hydroxylation is 1. The Morgan fingerprint density at radius 1 is 0.914 bits per heavy atom. The maximum absolute atomic E-state index is 12.9. The molecule has 0 radical (unpaired) electrons. The third-order valence-corrected chi connectivity index (χ3v) is 7.20. The molecule has 10 heteroatoms. The van der Waals surface area contributed by atoms with Crippen LogP contribution in [-0.4, -0.2) is 51.4 Å². The highest BCUT2D eigenvalue weighted by Gasteiger charge is 2.24. The van der Waals surface area contributed by atoms with E-state index in [1.165, 1.54) is 31.3 Å². The molecule has 0 saturated heterocycles. The summed E-state index contributed by atoms with van der Waals surface area (Å²) in [6.45, 7) is 4.58. The van der Waals surface area contributed by atoms with Gasteiger partial charge in [-0.1, -0.05) is 18.2 Å². The van der Waals surface area contributed by atoms with Gasteiger partial charge in [0.05, 0.1) is 34.0 Å². The zero-order chi connectivity index (χ0) is 25.8. The molecule has 1 heterocycles. The van der Waals surface area contributed by atoms with Crippen LogP contribution in [-0.2, 0) is 19.5 Å². The number of hydrogen-bond donors (Lipinski definition) is 1. The highest BCUT2D eigenvalue weighted by molar-refractivity contribution is 7.92. The number of ketones is 1. The molecule has 0 spiro atoms. The first-order valence-corrected chi connectivity index (χ1v) is 12.2. The van der Waals surface area contributed by atoms with Crippen LogP contribution in [0.15, 0.2) is 59.5 Å². The van der Waals surface area contributed by atoms with Gasteiger partial charge in [-0.2, -0.15) is 0 Å². The normalized spacial score (nSPS) is 11.1. The molecule has 3 rings (SSSR count). The van der Waals surface area contributed by atoms with Crippen molar-refractivity contribution >= 4 is 33.4 Å².